The van der Waals surface area contributed by atoms with Gasteiger partial charge in [-0.05, 0) is 56.1 Å². The summed E-state index contributed by atoms with van der Waals surface area (Å²) in [5, 5.41) is 6.32. The largest absolute Gasteiger partial charge is 0.493 e. The standard InChI is InChI=1S/C17H26N2O3.ClH/c1-10-6-15(21-4)16(22-5)7-14(10)12(3)19-17(20)11(2)13-8-18-9-13;/h6-7,11-13,18H,8-9H2,1-5H3,(H,19,20);1H. The van der Waals surface area contributed by atoms with Crippen LogP contribution in [0.4, 0.5) is 0 Å². The molecule has 0 bridgehead atoms. The van der Waals surface area contributed by atoms with Crippen LogP contribution in [0.15, 0.2) is 12.1 Å². The summed E-state index contributed by atoms with van der Waals surface area (Å²) >= 11 is 0. The molecule has 1 heterocycles. The zero-order chi connectivity index (χ0) is 16.3. The van der Waals surface area contributed by atoms with Crippen molar-refractivity contribution in [3.63, 3.8) is 0 Å². The van der Waals surface area contributed by atoms with E-state index in [4.69, 9.17) is 9.47 Å². The lowest BCUT2D eigenvalue weighted by Gasteiger charge is -2.32. The maximum atomic E-state index is 12.4. The van der Waals surface area contributed by atoms with Crippen LogP contribution in [-0.4, -0.2) is 33.2 Å². The molecule has 6 heteroatoms. The molecule has 0 saturated carbocycles. The summed E-state index contributed by atoms with van der Waals surface area (Å²) in [5.74, 6) is 1.97. The third kappa shape index (κ3) is 4.30. The van der Waals surface area contributed by atoms with Gasteiger partial charge in [-0.2, -0.15) is 0 Å². The zero-order valence-corrected chi connectivity index (χ0v) is 15.3. The molecule has 1 aliphatic rings. The van der Waals surface area contributed by atoms with Crippen molar-refractivity contribution < 1.29 is 14.3 Å². The molecular weight excluding hydrogens is 316 g/mol. The summed E-state index contributed by atoms with van der Waals surface area (Å²) in [6, 6.07) is 3.81. The van der Waals surface area contributed by atoms with Crippen LogP contribution in [0.5, 0.6) is 11.5 Å². The number of carbonyl (C=O) groups is 1. The van der Waals surface area contributed by atoms with Crippen LogP contribution < -0.4 is 20.1 Å². The minimum absolute atomic E-state index is 0. The topological polar surface area (TPSA) is 59.6 Å². The van der Waals surface area contributed by atoms with Crippen molar-refractivity contribution in [2.75, 3.05) is 27.3 Å². The van der Waals surface area contributed by atoms with Gasteiger partial charge in [0.1, 0.15) is 0 Å². The SMILES string of the molecule is COc1cc(C)c(C(C)NC(=O)C(C)C2CNC2)cc1OC.Cl. The fourth-order valence-electron chi connectivity index (χ4n) is 2.76. The number of halogens is 1. The molecular formula is C17H27ClN2O3. The predicted octanol–water partition coefficient (Wildman–Crippen LogP) is 2.47. The highest BCUT2D eigenvalue weighted by Gasteiger charge is 2.29. The van der Waals surface area contributed by atoms with Gasteiger partial charge in [-0.3, -0.25) is 4.79 Å². The quantitative estimate of drug-likeness (QED) is 0.833. The Labute approximate surface area is 144 Å². The molecule has 0 spiro atoms. The first-order chi connectivity index (χ1) is 10.5. The third-order valence-electron chi connectivity index (χ3n) is 4.53. The Morgan fingerprint density at radius 2 is 1.78 bits per heavy atom. The van der Waals surface area contributed by atoms with Crippen LogP contribution in [-0.2, 0) is 4.79 Å². The van der Waals surface area contributed by atoms with Gasteiger partial charge in [0.05, 0.1) is 20.3 Å². The molecule has 1 aliphatic heterocycles. The van der Waals surface area contributed by atoms with E-state index >= 15 is 0 Å². The van der Waals surface area contributed by atoms with Gasteiger partial charge in [-0.1, -0.05) is 6.92 Å². The second-order valence-electron chi connectivity index (χ2n) is 6.00. The molecule has 23 heavy (non-hydrogen) atoms. The van der Waals surface area contributed by atoms with Crippen molar-refractivity contribution in [3.8, 4) is 11.5 Å². The van der Waals surface area contributed by atoms with Crippen LogP contribution in [0.25, 0.3) is 0 Å². The van der Waals surface area contributed by atoms with Crippen LogP contribution in [0.1, 0.15) is 31.0 Å². The summed E-state index contributed by atoms with van der Waals surface area (Å²) in [4.78, 5) is 12.4. The molecule has 5 nitrogen and oxygen atoms in total. The van der Waals surface area contributed by atoms with E-state index in [9.17, 15) is 4.79 Å². The Morgan fingerprint density at radius 1 is 1.22 bits per heavy atom. The minimum atomic E-state index is -0.0669. The monoisotopic (exact) mass is 342 g/mol. The van der Waals surface area contributed by atoms with E-state index in [1.54, 1.807) is 14.2 Å². The van der Waals surface area contributed by atoms with Gasteiger partial charge in [0.15, 0.2) is 11.5 Å². The summed E-state index contributed by atoms with van der Waals surface area (Å²) in [6.07, 6.45) is 0. The first-order valence-corrected chi connectivity index (χ1v) is 7.71. The van der Waals surface area contributed by atoms with Crippen LogP contribution in [0.3, 0.4) is 0 Å². The van der Waals surface area contributed by atoms with Crippen LogP contribution in [0, 0.1) is 18.8 Å². The van der Waals surface area contributed by atoms with Crippen molar-refractivity contribution in [1.29, 1.82) is 0 Å². The Kier molecular flexibility index (Phi) is 7.16. The molecule has 2 unspecified atom stereocenters. The van der Waals surface area contributed by atoms with E-state index in [-0.39, 0.29) is 30.3 Å². The Hall–Kier alpha value is -1.46. The summed E-state index contributed by atoms with van der Waals surface area (Å²) in [5.41, 5.74) is 2.12. The molecule has 2 N–H and O–H groups in total. The molecule has 2 rings (SSSR count). The molecule has 1 saturated heterocycles. The van der Waals surface area contributed by atoms with Crippen LogP contribution >= 0.6 is 12.4 Å². The first-order valence-electron chi connectivity index (χ1n) is 7.71. The van der Waals surface area contributed by atoms with Gasteiger partial charge in [0.25, 0.3) is 0 Å². The maximum Gasteiger partial charge on any atom is 0.223 e. The number of nitrogens with one attached hydrogen (secondary N) is 2. The Bertz CT molecular complexity index is 547. The highest BCUT2D eigenvalue weighted by Crippen LogP contribution is 2.33. The van der Waals surface area contributed by atoms with E-state index in [1.807, 2.05) is 32.9 Å². The third-order valence-corrected chi connectivity index (χ3v) is 4.53. The number of amides is 1. The number of carbonyl (C=O) groups excluding carboxylic acids is 1. The van der Waals surface area contributed by atoms with Gasteiger partial charge in [-0.25, -0.2) is 0 Å². The molecule has 0 aliphatic carbocycles. The van der Waals surface area contributed by atoms with E-state index in [2.05, 4.69) is 10.6 Å². The maximum absolute atomic E-state index is 12.4. The van der Waals surface area contributed by atoms with Crippen molar-refractivity contribution in [1.82, 2.24) is 10.6 Å². The lowest BCUT2D eigenvalue weighted by molar-refractivity contribution is -0.127. The number of ether oxygens (including phenoxy) is 2. The number of benzene rings is 1. The smallest absolute Gasteiger partial charge is 0.223 e. The molecule has 1 fully saturated rings. The molecule has 1 aromatic rings. The van der Waals surface area contributed by atoms with Gasteiger partial charge < -0.3 is 20.1 Å². The van der Waals surface area contributed by atoms with Crippen molar-refractivity contribution in [2.45, 2.75) is 26.8 Å². The average Bonchev–Trinajstić information content (AvgIpc) is 2.44. The van der Waals surface area contributed by atoms with E-state index in [1.165, 1.54) is 0 Å². The van der Waals surface area contributed by atoms with E-state index < -0.39 is 0 Å². The second kappa shape index (κ2) is 8.41. The summed E-state index contributed by atoms with van der Waals surface area (Å²) in [6.45, 7) is 7.86. The fraction of sp³-hybridized carbons (Fsp3) is 0.588. The van der Waals surface area contributed by atoms with Gasteiger partial charge >= 0.3 is 0 Å². The van der Waals surface area contributed by atoms with Gasteiger partial charge in [0.2, 0.25) is 5.91 Å². The predicted molar refractivity (Wildman–Crippen MR) is 93.6 cm³/mol. The number of rotatable bonds is 6. The zero-order valence-electron chi connectivity index (χ0n) is 14.4. The molecule has 130 valence electrons. The van der Waals surface area contributed by atoms with Gasteiger partial charge in [-0.15, -0.1) is 12.4 Å². The summed E-state index contributed by atoms with van der Waals surface area (Å²) < 4.78 is 10.7. The molecule has 1 amide bonds. The van der Waals surface area contributed by atoms with Crippen LogP contribution in [0.2, 0.25) is 0 Å². The number of methoxy groups -OCH3 is 2. The normalized spacial score (nSPS) is 16.6. The number of hydrogen-bond donors (Lipinski definition) is 2. The highest BCUT2D eigenvalue weighted by molar-refractivity contribution is 5.85. The Balaban J connectivity index is 0.00000264. The van der Waals surface area contributed by atoms with Crippen molar-refractivity contribution in [2.24, 2.45) is 11.8 Å². The lowest BCUT2D eigenvalue weighted by atomic mass is 9.88. The average molecular weight is 343 g/mol. The van der Waals surface area contributed by atoms with E-state index in [0.29, 0.717) is 17.4 Å². The molecule has 0 radical (unpaired) electrons. The number of hydrogen-bond acceptors (Lipinski definition) is 4. The molecule has 0 aromatic heterocycles. The summed E-state index contributed by atoms with van der Waals surface area (Å²) in [7, 11) is 3.24. The first kappa shape index (κ1) is 19.6. The highest BCUT2D eigenvalue weighted by atomic mass is 35.5. The van der Waals surface area contributed by atoms with Crippen molar-refractivity contribution in [3.05, 3.63) is 23.3 Å². The lowest BCUT2D eigenvalue weighted by Crippen LogP contribution is -2.49. The molecule has 2 atom stereocenters. The number of aryl methyl sites for hydroxylation is 1. The van der Waals surface area contributed by atoms with E-state index in [0.717, 1.165) is 24.2 Å². The Morgan fingerprint density at radius 3 is 2.26 bits per heavy atom. The fourth-order valence-corrected chi connectivity index (χ4v) is 2.76. The second-order valence-corrected chi connectivity index (χ2v) is 6.00. The van der Waals surface area contributed by atoms with Gasteiger partial charge in [0, 0.05) is 5.92 Å². The minimum Gasteiger partial charge on any atom is -0.493 e. The van der Waals surface area contributed by atoms with Crippen molar-refractivity contribution >= 4 is 18.3 Å². The molecule has 1 aromatic carbocycles.